The van der Waals surface area contributed by atoms with E-state index in [0.29, 0.717) is 34.6 Å². The summed E-state index contributed by atoms with van der Waals surface area (Å²) in [7, 11) is 0. The zero-order chi connectivity index (χ0) is 23.0. The molecule has 4 fully saturated rings. The van der Waals surface area contributed by atoms with Crippen molar-refractivity contribution in [3.63, 3.8) is 0 Å². The topological polar surface area (TPSA) is 72.5 Å². The van der Waals surface area contributed by atoms with Crippen LogP contribution in [0, 0.1) is 29.0 Å². The third kappa shape index (κ3) is 4.56. The fraction of sp³-hybridized carbons (Fsp3) is 0.444. The van der Waals surface area contributed by atoms with Crippen molar-refractivity contribution in [1.29, 1.82) is 0 Å². The lowest BCUT2D eigenvalue weighted by Crippen LogP contribution is -2.53. The number of hydrogen-bond acceptors (Lipinski definition) is 4. The van der Waals surface area contributed by atoms with Crippen molar-refractivity contribution in [2.24, 2.45) is 23.2 Å². The van der Waals surface area contributed by atoms with Gasteiger partial charge in [0.2, 0.25) is 5.91 Å². The second-order valence-corrected chi connectivity index (χ2v) is 10.0. The SMILES string of the molecule is O=C(CCNC(=O)C12CC3CC(CC(C3)C1)C2)Oc1ccc(C(=O)c2ccc(F)cc2)cc1. The summed E-state index contributed by atoms with van der Waals surface area (Å²) < 4.78 is 18.4. The highest BCUT2D eigenvalue weighted by Crippen LogP contribution is 2.60. The van der Waals surface area contributed by atoms with Gasteiger partial charge in [0.1, 0.15) is 11.6 Å². The lowest BCUT2D eigenvalue weighted by Gasteiger charge is -2.55. The maximum atomic E-state index is 13.0. The van der Waals surface area contributed by atoms with Gasteiger partial charge < -0.3 is 10.1 Å². The Morgan fingerprint density at radius 1 is 0.848 bits per heavy atom. The molecule has 1 N–H and O–H groups in total. The fourth-order valence-electron chi connectivity index (χ4n) is 6.48. The number of nitrogens with one attached hydrogen (secondary N) is 1. The molecule has 0 atom stereocenters. The van der Waals surface area contributed by atoms with Gasteiger partial charge in [0, 0.05) is 23.1 Å². The number of ether oxygens (including phenoxy) is 1. The predicted molar refractivity (Wildman–Crippen MR) is 120 cm³/mol. The van der Waals surface area contributed by atoms with Crippen LogP contribution in [0.15, 0.2) is 48.5 Å². The van der Waals surface area contributed by atoms with Gasteiger partial charge in [-0.25, -0.2) is 4.39 Å². The second-order valence-electron chi connectivity index (χ2n) is 10.0. The van der Waals surface area contributed by atoms with Gasteiger partial charge in [0.05, 0.1) is 6.42 Å². The molecule has 33 heavy (non-hydrogen) atoms. The van der Waals surface area contributed by atoms with Gasteiger partial charge in [0.15, 0.2) is 5.78 Å². The fourth-order valence-corrected chi connectivity index (χ4v) is 6.48. The first-order valence-electron chi connectivity index (χ1n) is 11.8. The van der Waals surface area contributed by atoms with Gasteiger partial charge in [-0.05, 0) is 105 Å². The predicted octanol–water partition coefficient (Wildman–Crippen LogP) is 4.68. The van der Waals surface area contributed by atoms with E-state index in [1.165, 1.54) is 43.5 Å². The van der Waals surface area contributed by atoms with E-state index in [9.17, 15) is 18.8 Å². The second kappa shape index (κ2) is 8.73. The maximum Gasteiger partial charge on any atom is 0.312 e. The van der Waals surface area contributed by atoms with Crippen LogP contribution in [-0.4, -0.2) is 24.2 Å². The number of hydrogen-bond donors (Lipinski definition) is 1. The molecule has 2 aromatic carbocycles. The molecule has 0 saturated heterocycles. The van der Waals surface area contributed by atoms with Crippen LogP contribution in [0.1, 0.15) is 60.9 Å². The van der Waals surface area contributed by atoms with Crippen LogP contribution in [0.3, 0.4) is 0 Å². The molecule has 1 amide bonds. The van der Waals surface area contributed by atoms with Gasteiger partial charge in [-0.15, -0.1) is 0 Å². The summed E-state index contributed by atoms with van der Waals surface area (Å²) in [4.78, 5) is 37.7. The minimum absolute atomic E-state index is 0.0916. The van der Waals surface area contributed by atoms with Crippen LogP contribution < -0.4 is 10.1 Å². The summed E-state index contributed by atoms with van der Waals surface area (Å²) in [5.41, 5.74) is 0.589. The van der Waals surface area contributed by atoms with Crippen LogP contribution in [0.4, 0.5) is 4.39 Å². The van der Waals surface area contributed by atoms with E-state index in [1.54, 1.807) is 24.3 Å². The Balaban J connectivity index is 1.10. The highest BCUT2D eigenvalue weighted by atomic mass is 19.1. The van der Waals surface area contributed by atoms with Crippen molar-refractivity contribution in [1.82, 2.24) is 5.32 Å². The van der Waals surface area contributed by atoms with E-state index in [1.807, 2.05) is 0 Å². The lowest BCUT2D eigenvalue weighted by atomic mass is 9.49. The summed E-state index contributed by atoms with van der Waals surface area (Å²) in [6.45, 7) is 0.264. The maximum absolute atomic E-state index is 13.0. The van der Waals surface area contributed by atoms with Crippen molar-refractivity contribution in [3.8, 4) is 5.75 Å². The summed E-state index contributed by atoms with van der Waals surface area (Å²) in [5.74, 6) is 1.47. The molecule has 0 aliphatic heterocycles. The van der Waals surface area contributed by atoms with Gasteiger partial charge in [-0.1, -0.05) is 0 Å². The zero-order valence-corrected chi connectivity index (χ0v) is 18.5. The number of rotatable bonds is 7. The Kier molecular flexibility index (Phi) is 5.77. The number of carbonyl (C=O) groups excluding carboxylic acids is 3. The van der Waals surface area contributed by atoms with Crippen LogP contribution >= 0.6 is 0 Å². The van der Waals surface area contributed by atoms with E-state index in [2.05, 4.69) is 5.32 Å². The highest BCUT2D eigenvalue weighted by Gasteiger charge is 2.54. The molecule has 4 aliphatic rings. The number of ketones is 1. The van der Waals surface area contributed by atoms with E-state index < -0.39 is 11.8 Å². The Morgan fingerprint density at radius 3 is 1.91 bits per heavy atom. The van der Waals surface area contributed by atoms with Gasteiger partial charge in [-0.2, -0.15) is 0 Å². The molecule has 0 unspecified atom stereocenters. The Morgan fingerprint density at radius 2 is 1.36 bits per heavy atom. The lowest BCUT2D eigenvalue weighted by molar-refractivity contribution is -0.146. The number of halogens is 1. The van der Waals surface area contributed by atoms with Crippen molar-refractivity contribution >= 4 is 17.7 Å². The third-order valence-electron chi connectivity index (χ3n) is 7.59. The van der Waals surface area contributed by atoms with Crippen molar-refractivity contribution < 1.29 is 23.5 Å². The standard InChI is InChI=1S/C27H28FNO4/c28-22-5-1-20(2-6-22)25(31)21-3-7-23(8-4-21)33-24(30)9-10-29-26(32)27-14-17-11-18(15-27)13-19(12-17)16-27/h1-8,17-19H,9-16H2,(H,29,32). The monoisotopic (exact) mass is 449 g/mol. The molecule has 6 heteroatoms. The molecule has 0 radical (unpaired) electrons. The zero-order valence-electron chi connectivity index (χ0n) is 18.5. The number of benzene rings is 2. The summed E-state index contributed by atoms with van der Waals surface area (Å²) in [5, 5.41) is 2.99. The van der Waals surface area contributed by atoms with Crippen LogP contribution in [0.5, 0.6) is 5.75 Å². The van der Waals surface area contributed by atoms with Crippen molar-refractivity contribution in [2.45, 2.75) is 44.9 Å². The molecule has 2 aromatic rings. The van der Waals surface area contributed by atoms with Crippen LogP contribution in [0.25, 0.3) is 0 Å². The third-order valence-corrected chi connectivity index (χ3v) is 7.59. The van der Waals surface area contributed by atoms with Crippen LogP contribution in [-0.2, 0) is 9.59 Å². The number of amides is 1. The molecule has 4 aliphatic carbocycles. The number of esters is 1. The van der Waals surface area contributed by atoms with Crippen LogP contribution in [0.2, 0.25) is 0 Å². The van der Waals surface area contributed by atoms with Crippen molar-refractivity contribution in [2.75, 3.05) is 6.54 Å². The van der Waals surface area contributed by atoms with Gasteiger partial charge >= 0.3 is 5.97 Å². The summed E-state index contributed by atoms with van der Waals surface area (Å²) in [6.07, 6.45) is 6.94. The normalized spacial score (nSPS) is 27.2. The molecule has 4 bridgehead atoms. The number of carbonyl (C=O) groups is 3. The first-order chi connectivity index (χ1) is 15.9. The molecular formula is C27H28FNO4. The molecule has 172 valence electrons. The Bertz CT molecular complexity index is 1030. The molecule has 5 nitrogen and oxygen atoms in total. The highest BCUT2D eigenvalue weighted by molar-refractivity contribution is 6.09. The Hall–Kier alpha value is -3.02. The minimum Gasteiger partial charge on any atom is -0.426 e. The minimum atomic E-state index is -0.432. The Labute approximate surface area is 192 Å². The summed E-state index contributed by atoms with van der Waals surface area (Å²) >= 11 is 0. The summed E-state index contributed by atoms with van der Waals surface area (Å²) in [6, 6.07) is 11.6. The average Bonchev–Trinajstić information content (AvgIpc) is 2.79. The van der Waals surface area contributed by atoms with E-state index in [0.717, 1.165) is 19.3 Å². The molecular weight excluding hydrogens is 421 g/mol. The van der Waals surface area contributed by atoms with Gasteiger partial charge in [-0.3, -0.25) is 14.4 Å². The molecule has 0 heterocycles. The van der Waals surface area contributed by atoms with Gasteiger partial charge in [0.25, 0.3) is 0 Å². The average molecular weight is 450 g/mol. The largest absolute Gasteiger partial charge is 0.426 e. The quantitative estimate of drug-likeness (QED) is 0.378. The van der Waals surface area contributed by atoms with E-state index >= 15 is 0 Å². The van der Waals surface area contributed by atoms with E-state index in [-0.39, 0.29) is 30.1 Å². The molecule has 4 saturated carbocycles. The van der Waals surface area contributed by atoms with Crippen molar-refractivity contribution in [3.05, 3.63) is 65.5 Å². The molecule has 0 spiro atoms. The molecule has 6 rings (SSSR count). The molecule has 0 aromatic heterocycles. The first kappa shape index (κ1) is 21.8. The first-order valence-corrected chi connectivity index (χ1v) is 11.8. The smallest absolute Gasteiger partial charge is 0.312 e. The van der Waals surface area contributed by atoms with E-state index in [4.69, 9.17) is 4.74 Å².